The molecule has 4 aromatic heterocycles. The second-order valence-electron chi connectivity index (χ2n) is 14.1. The van der Waals surface area contributed by atoms with Crippen molar-refractivity contribution < 1.29 is 38.7 Å². The van der Waals surface area contributed by atoms with Crippen LogP contribution in [0.4, 0.5) is 0 Å². The molecule has 0 atom stereocenters. The summed E-state index contributed by atoms with van der Waals surface area (Å²) in [6.07, 6.45) is 4.72. The van der Waals surface area contributed by atoms with Crippen LogP contribution in [0.3, 0.4) is 0 Å². The first kappa shape index (κ1) is 46.5. The van der Waals surface area contributed by atoms with E-state index in [9.17, 15) is 9.59 Å². The number of ether oxygens (including phenoxy) is 4. The highest BCUT2D eigenvalue weighted by atomic mass is 79.9. The van der Waals surface area contributed by atoms with Crippen molar-refractivity contribution in [3.8, 4) is 34.6 Å². The standard InChI is InChI=1S/C44H46Br2N6O8S2/c1-27-29(21-57-43-37(45)15-31(17-47-13-5-11-39(53)54)41(51-43)59-23-33-19-49-25-61-33)7-3-9-35(27)36-10-4-8-30(28(36)2)22-58-44-38(46)16-32(18-48-14-6-12-40(55)56)42(52-44)60-24-34-20-50-26-62-34/h3-4,7-10,15-16,19-20,25-26,47-48H,5-6,11-14,17-18,21-24H2,1-2H3,(H,53,54)(H,55,56). The molecule has 0 aliphatic carbocycles. The summed E-state index contributed by atoms with van der Waals surface area (Å²) in [5.41, 5.74) is 11.3. The molecule has 0 unspecified atom stereocenters. The van der Waals surface area contributed by atoms with E-state index in [1.807, 2.05) is 36.4 Å². The topological polar surface area (TPSA) is 187 Å². The molecule has 4 N–H and O–H groups in total. The van der Waals surface area contributed by atoms with Gasteiger partial charge in [0.05, 0.1) is 29.7 Å². The molecule has 14 nitrogen and oxygen atoms in total. The molecule has 62 heavy (non-hydrogen) atoms. The fourth-order valence-electron chi connectivity index (χ4n) is 6.33. The molecule has 6 aromatic rings. The predicted molar refractivity (Wildman–Crippen MR) is 244 cm³/mol. The van der Waals surface area contributed by atoms with Gasteiger partial charge >= 0.3 is 11.9 Å². The molecule has 4 heterocycles. The van der Waals surface area contributed by atoms with Gasteiger partial charge < -0.3 is 39.8 Å². The Morgan fingerprint density at radius 1 is 0.613 bits per heavy atom. The van der Waals surface area contributed by atoms with Gasteiger partial charge in [-0.1, -0.05) is 36.4 Å². The zero-order valence-electron chi connectivity index (χ0n) is 34.1. The number of benzene rings is 2. The van der Waals surface area contributed by atoms with E-state index in [1.54, 1.807) is 23.4 Å². The highest BCUT2D eigenvalue weighted by Crippen LogP contribution is 2.35. The number of pyridine rings is 2. The normalized spacial score (nSPS) is 11.1. The van der Waals surface area contributed by atoms with Gasteiger partial charge in [0.1, 0.15) is 26.4 Å². The Hall–Kier alpha value is -4.98. The van der Waals surface area contributed by atoms with Crippen molar-refractivity contribution in [1.82, 2.24) is 30.6 Å². The van der Waals surface area contributed by atoms with E-state index in [1.165, 1.54) is 22.7 Å². The number of carboxylic acid groups (broad SMARTS) is 2. The Labute approximate surface area is 384 Å². The molecule has 2 aromatic carbocycles. The Morgan fingerprint density at radius 2 is 1.03 bits per heavy atom. The lowest BCUT2D eigenvalue weighted by Gasteiger charge is -2.18. The van der Waals surface area contributed by atoms with Crippen LogP contribution in [0.25, 0.3) is 11.1 Å². The fraction of sp³-hybridized carbons (Fsp3) is 0.318. The van der Waals surface area contributed by atoms with Crippen molar-refractivity contribution in [1.29, 1.82) is 0 Å². The minimum absolute atomic E-state index is 0.0921. The number of halogens is 2. The Kier molecular flexibility index (Phi) is 17.6. The third-order valence-electron chi connectivity index (χ3n) is 9.67. The molecular weight excluding hydrogens is 964 g/mol. The molecule has 326 valence electrons. The minimum atomic E-state index is -0.825. The summed E-state index contributed by atoms with van der Waals surface area (Å²) in [6.45, 7) is 7.24. The summed E-state index contributed by atoms with van der Waals surface area (Å²) in [5.74, 6) is -0.0415. The van der Waals surface area contributed by atoms with Crippen molar-refractivity contribution in [3.63, 3.8) is 0 Å². The number of hydrogen-bond donors (Lipinski definition) is 4. The van der Waals surface area contributed by atoms with Crippen molar-refractivity contribution in [2.75, 3.05) is 13.1 Å². The lowest BCUT2D eigenvalue weighted by Crippen LogP contribution is -2.17. The maximum absolute atomic E-state index is 10.9. The first-order chi connectivity index (χ1) is 30.0. The average Bonchev–Trinajstić information content (AvgIpc) is 3.98. The molecule has 0 fully saturated rings. The first-order valence-corrected chi connectivity index (χ1v) is 23.1. The van der Waals surface area contributed by atoms with Crippen LogP contribution >= 0.6 is 54.5 Å². The maximum atomic E-state index is 10.9. The average molecular weight is 1010 g/mol. The summed E-state index contributed by atoms with van der Waals surface area (Å²) in [6, 6.07) is 16.2. The molecule has 6 rings (SSSR count). The van der Waals surface area contributed by atoms with Crippen LogP contribution in [0.1, 0.15) is 68.8 Å². The first-order valence-electron chi connectivity index (χ1n) is 19.7. The number of rotatable bonds is 25. The van der Waals surface area contributed by atoms with Gasteiger partial charge in [-0.05, 0) is 117 Å². The van der Waals surface area contributed by atoms with Crippen molar-refractivity contribution in [3.05, 3.63) is 124 Å². The second-order valence-corrected chi connectivity index (χ2v) is 17.7. The fourth-order valence-corrected chi connectivity index (χ4v) is 8.30. The molecule has 0 amide bonds. The third-order valence-corrected chi connectivity index (χ3v) is 12.3. The SMILES string of the molecule is Cc1c(COc2nc(OCc3cncs3)c(CNCCCC(=O)O)cc2Br)cccc1-c1cccc(COc2nc(OCc3cncs3)c(CNCCCC(=O)O)cc2Br)c1C. The van der Waals surface area contributed by atoms with Crippen molar-refractivity contribution >= 4 is 66.5 Å². The van der Waals surface area contributed by atoms with Gasteiger partial charge in [-0.3, -0.25) is 19.6 Å². The number of nitrogens with zero attached hydrogens (tertiary/aromatic N) is 4. The van der Waals surface area contributed by atoms with E-state index < -0.39 is 11.9 Å². The molecule has 0 spiro atoms. The van der Waals surface area contributed by atoms with Crippen molar-refractivity contribution in [2.45, 2.75) is 79.0 Å². The molecule has 0 bridgehead atoms. The number of aromatic nitrogens is 4. The molecular formula is C44H46Br2N6O8S2. The third kappa shape index (κ3) is 13.5. The number of carbonyl (C=O) groups is 2. The van der Waals surface area contributed by atoms with E-state index >= 15 is 0 Å². The highest BCUT2D eigenvalue weighted by Gasteiger charge is 2.18. The lowest BCUT2D eigenvalue weighted by molar-refractivity contribution is -0.138. The maximum Gasteiger partial charge on any atom is 0.303 e. The summed E-state index contributed by atoms with van der Waals surface area (Å²) in [4.78, 5) is 41.6. The van der Waals surface area contributed by atoms with Gasteiger partial charge in [-0.15, -0.1) is 22.7 Å². The van der Waals surface area contributed by atoms with E-state index in [2.05, 4.69) is 78.4 Å². The van der Waals surface area contributed by atoms with Gasteiger partial charge in [0, 0.05) is 49.5 Å². The number of aliphatic carboxylic acids is 2. The summed E-state index contributed by atoms with van der Waals surface area (Å²) in [5, 5.41) is 24.6. The summed E-state index contributed by atoms with van der Waals surface area (Å²) >= 11 is 10.3. The zero-order valence-corrected chi connectivity index (χ0v) is 38.9. The smallest absolute Gasteiger partial charge is 0.303 e. The Balaban J connectivity index is 1.15. The predicted octanol–water partition coefficient (Wildman–Crippen LogP) is 9.42. The Morgan fingerprint density at radius 3 is 1.42 bits per heavy atom. The molecule has 0 saturated heterocycles. The number of carboxylic acids is 2. The van der Waals surface area contributed by atoms with Gasteiger partial charge in [-0.2, -0.15) is 9.97 Å². The second kappa shape index (κ2) is 23.5. The zero-order chi connectivity index (χ0) is 43.8. The molecule has 0 aliphatic heterocycles. The summed E-state index contributed by atoms with van der Waals surface area (Å²) < 4.78 is 26.3. The lowest BCUT2D eigenvalue weighted by atomic mass is 9.92. The quantitative estimate of drug-likeness (QED) is 0.0397. The van der Waals surface area contributed by atoms with E-state index in [4.69, 9.17) is 39.1 Å². The number of hydrogen-bond acceptors (Lipinski definition) is 14. The van der Waals surface area contributed by atoms with Crippen LogP contribution < -0.4 is 29.6 Å². The molecule has 0 radical (unpaired) electrons. The molecule has 0 aliphatic rings. The van der Waals surface area contributed by atoms with Crippen LogP contribution in [-0.4, -0.2) is 55.2 Å². The minimum Gasteiger partial charge on any atom is -0.481 e. The number of nitrogens with one attached hydrogen (secondary N) is 2. The van der Waals surface area contributed by atoms with E-state index in [0.717, 1.165) is 54.3 Å². The highest BCUT2D eigenvalue weighted by molar-refractivity contribution is 9.10. The van der Waals surface area contributed by atoms with Gasteiger partial charge in [-0.25, -0.2) is 0 Å². The summed E-state index contributed by atoms with van der Waals surface area (Å²) in [7, 11) is 0. The van der Waals surface area contributed by atoms with Gasteiger partial charge in [0.2, 0.25) is 23.5 Å². The van der Waals surface area contributed by atoms with Crippen LogP contribution in [0, 0.1) is 13.8 Å². The van der Waals surface area contributed by atoms with Crippen LogP contribution in [0.5, 0.6) is 23.5 Å². The number of thiazole rings is 2. The van der Waals surface area contributed by atoms with Gasteiger partial charge in [0.15, 0.2) is 0 Å². The van der Waals surface area contributed by atoms with Crippen LogP contribution in [0.15, 0.2) is 80.9 Å². The monoisotopic (exact) mass is 1010 g/mol. The van der Waals surface area contributed by atoms with Crippen LogP contribution in [-0.2, 0) is 49.1 Å². The largest absolute Gasteiger partial charge is 0.481 e. The Bertz CT molecular complexity index is 2250. The van der Waals surface area contributed by atoms with E-state index in [0.29, 0.717) is 84.7 Å². The van der Waals surface area contributed by atoms with Gasteiger partial charge in [0.25, 0.3) is 0 Å². The van der Waals surface area contributed by atoms with Crippen LogP contribution in [0.2, 0.25) is 0 Å². The van der Waals surface area contributed by atoms with E-state index in [-0.39, 0.29) is 26.1 Å². The molecule has 18 heteroatoms. The molecule has 0 saturated carbocycles. The van der Waals surface area contributed by atoms with Crippen molar-refractivity contribution in [2.24, 2.45) is 0 Å².